The Morgan fingerprint density at radius 2 is 1.81 bits per heavy atom. The van der Waals surface area contributed by atoms with Crippen LogP contribution in [0.2, 0.25) is 0 Å². The number of ether oxygens (including phenoxy) is 1. The topological polar surface area (TPSA) is 74.2 Å². The van der Waals surface area contributed by atoms with E-state index in [1.54, 1.807) is 12.3 Å². The minimum atomic E-state index is -0.521. The molecule has 37 heavy (non-hydrogen) atoms. The lowest BCUT2D eigenvalue weighted by Crippen LogP contribution is -2.45. The second-order valence-corrected chi connectivity index (χ2v) is 10.1. The molecule has 2 fully saturated rings. The van der Waals surface area contributed by atoms with Crippen molar-refractivity contribution < 1.29 is 13.9 Å². The normalized spacial score (nSPS) is 15.4. The van der Waals surface area contributed by atoms with Crippen molar-refractivity contribution in [2.75, 3.05) is 26.0 Å². The Hall–Kier alpha value is -3.34. The van der Waals surface area contributed by atoms with Gasteiger partial charge in [-0.2, -0.15) is 5.26 Å². The second-order valence-electron chi connectivity index (χ2n) is 9.48. The number of carbonyl (C=O) groups is 1. The highest BCUT2D eigenvalue weighted by molar-refractivity contribution is 7.97. The van der Waals surface area contributed by atoms with Gasteiger partial charge in [-0.15, -0.1) is 0 Å². The fraction of sp³-hybridized carbons (Fsp3) is 0.333. The summed E-state index contributed by atoms with van der Waals surface area (Å²) < 4.78 is 22.5. The molecule has 1 aliphatic heterocycles. The number of nitrogens with zero attached hydrogens (tertiary/aromatic N) is 1. The monoisotopic (exact) mass is 517 g/mol. The quantitative estimate of drug-likeness (QED) is 0.358. The largest absolute Gasteiger partial charge is 0.493 e. The minimum Gasteiger partial charge on any atom is -0.493 e. The molecule has 5 nitrogen and oxygen atoms in total. The van der Waals surface area contributed by atoms with Gasteiger partial charge in [-0.05, 0) is 53.6 Å². The number of hydrogen-bond donors (Lipinski definition) is 2. The van der Waals surface area contributed by atoms with E-state index in [-0.39, 0.29) is 5.56 Å². The van der Waals surface area contributed by atoms with E-state index in [9.17, 15) is 9.18 Å². The Labute approximate surface area is 222 Å². The fourth-order valence-electron chi connectivity index (χ4n) is 4.19. The lowest BCUT2D eigenvalue weighted by atomic mass is 9.93. The Bertz CT molecular complexity index is 1240. The number of rotatable bonds is 8. The van der Waals surface area contributed by atoms with Gasteiger partial charge in [-0.3, -0.25) is 9.52 Å². The Kier molecular flexibility index (Phi) is 9.21. The molecule has 3 aromatic carbocycles. The lowest BCUT2D eigenvalue weighted by molar-refractivity contribution is 0.0980. The van der Waals surface area contributed by atoms with Crippen LogP contribution in [0.1, 0.15) is 64.2 Å². The van der Waals surface area contributed by atoms with E-state index in [1.807, 2.05) is 30.3 Å². The maximum absolute atomic E-state index is 14.1. The van der Waals surface area contributed by atoms with E-state index in [0.29, 0.717) is 35.7 Å². The van der Waals surface area contributed by atoms with E-state index in [1.165, 1.54) is 29.1 Å². The summed E-state index contributed by atoms with van der Waals surface area (Å²) in [6.07, 6.45) is 3.90. The molecule has 1 aliphatic carbocycles. The van der Waals surface area contributed by atoms with Crippen molar-refractivity contribution in [1.29, 1.82) is 5.26 Å². The SMILES string of the molecule is CSNC(=O)c1cc(C2CC2)c(OCC2CNC2)cc1F.C[C@@H](c1ccccc1)c1ccc(C#N)cc1. The molecule has 1 saturated carbocycles. The van der Waals surface area contributed by atoms with Gasteiger partial charge in [-0.25, -0.2) is 4.39 Å². The molecule has 1 heterocycles. The van der Waals surface area contributed by atoms with Crippen LogP contribution in [0, 0.1) is 23.1 Å². The van der Waals surface area contributed by atoms with Crippen molar-refractivity contribution in [2.45, 2.75) is 31.6 Å². The number of hydrogen-bond acceptors (Lipinski definition) is 5. The first-order valence-electron chi connectivity index (χ1n) is 12.6. The van der Waals surface area contributed by atoms with Gasteiger partial charge in [-0.1, -0.05) is 61.3 Å². The molecular weight excluding hydrogens is 485 g/mol. The summed E-state index contributed by atoms with van der Waals surface area (Å²) in [7, 11) is 0. The highest BCUT2D eigenvalue weighted by Gasteiger charge is 2.30. The third-order valence-electron chi connectivity index (χ3n) is 6.74. The first kappa shape index (κ1) is 26.7. The molecule has 0 spiro atoms. The lowest BCUT2D eigenvalue weighted by Gasteiger charge is -2.27. The van der Waals surface area contributed by atoms with Gasteiger partial charge in [0.2, 0.25) is 0 Å². The third kappa shape index (κ3) is 7.12. The zero-order valence-corrected chi connectivity index (χ0v) is 22.0. The molecule has 2 N–H and O–H groups in total. The average Bonchev–Trinajstić information content (AvgIpc) is 3.74. The Balaban J connectivity index is 0.000000180. The van der Waals surface area contributed by atoms with Gasteiger partial charge in [0, 0.05) is 37.2 Å². The van der Waals surface area contributed by atoms with Crippen molar-refractivity contribution in [1.82, 2.24) is 10.0 Å². The van der Waals surface area contributed by atoms with Gasteiger partial charge in [0.15, 0.2) is 0 Å². The minimum absolute atomic E-state index is 0.101. The van der Waals surface area contributed by atoms with Crippen molar-refractivity contribution in [3.05, 3.63) is 100 Å². The Morgan fingerprint density at radius 1 is 1.14 bits per heavy atom. The first-order valence-corrected chi connectivity index (χ1v) is 13.8. The standard InChI is InChI=1S/C15H19FN2O2S.C15H13N/c1-21-18-15(19)12-4-11(10-2-3-10)14(5-13(12)16)20-8-9-6-17-7-9;1-12(14-5-3-2-4-6-14)15-9-7-13(11-16)8-10-15/h4-5,9-10,17H,2-3,6-8H2,1H3,(H,18,19);2-10,12H,1H3/t;12-/m.0/s1. The summed E-state index contributed by atoms with van der Waals surface area (Å²) in [6.45, 7) is 4.68. The summed E-state index contributed by atoms with van der Waals surface area (Å²) in [6, 6.07) is 23.3. The molecule has 0 radical (unpaired) electrons. The molecule has 1 atom stereocenters. The number of carbonyl (C=O) groups excluding carboxylic acids is 1. The number of benzene rings is 3. The zero-order valence-electron chi connectivity index (χ0n) is 21.2. The molecule has 1 amide bonds. The summed E-state index contributed by atoms with van der Waals surface area (Å²) in [5.41, 5.74) is 4.32. The van der Waals surface area contributed by atoms with Crippen LogP contribution in [-0.4, -0.2) is 31.9 Å². The maximum Gasteiger partial charge on any atom is 0.264 e. The zero-order chi connectivity index (χ0) is 26.2. The van der Waals surface area contributed by atoms with Crippen molar-refractivity contribution in [3.63, 3.8) is 0 Å². The summed E-state index contributed by atoms with van der Waals surface area (Å²) in [4.78, 5) is 11.9. The predicted molar refractivity (Wildman–Crippen MR) is 146 cm³/mol. The van der Waals surface area contributed by atoms with Crippen LogP contribution in [0.5, 0.6) is 5.75 Å². The number of nitriles is 1. The van der Waals surface area contributed by atoms with Gasteiger partial charge in [0.1, 0.15) is 11.6 Å². The third-order valence-corrected chi connectivity index (χ3v) is 7.13. The average molecular weight is 518 g/mol. The van der Waals surface area contributed by atoms with Crippen molar-refractivity contribution in [2.24, 2.45) is 5.92 Å². The van der Waals surface area contributed by atoms with Crippen molar-refractivity contribution in [3.8, 4) is 11.8 Å². The molecule has 2 aliphatic rings. The van der Waals surface area contributed by atoms with E-state index < -0.39 is 11.7 Å². The molecule has 0 bridgehead atoms. The van der Waals surface area contributed by atoms with Gasteiger partial charge in [0.05, 0.1) is 23.8 Å². The van der Waals surface area contributed by atoms with Crippen molar-refractivity contribution >= 4 is 17.9 Å². The summed E-state index contributed by atoms with van der Waals surface area (Å²) in [5, 5.41) is 11.9. The molecule has 0 unspecified atom stereocenters. The molecule has 7 heteroatoms. The van der Waals surface area contributed by atoms with Gasteiger partial charge in [0.25, 0.3) is 5.91 Å². The summed E-state index contributed by atoms with van der Waals surface area (Å²) >= 11 is 1.17. The van der Waals surface area contributed by atoms with Crippen LogP contribution in [0.15, 0.2) is 66.7 Å². The van der Waals surface area contributed by atoms with E-state index >= 15 is 0 Å². The van der Waals surface area contributed by atoms with Crippen LogP contribution >= 0.6 is 11.9 Å². The smallest absolute Gasteiger partial charge is 0.264 e. The number of halogens is 1. The molecule has 1 saturated heterocycles. The highest BCUT2D eigenvalue weighted by Crippen LogP contribution is 2.45. The summed E-state index contributed by atoms with van der Waals surface area (Å²) in [5.74, 6) is 0.960. The van der Waals surface area contributed by atoms with Crippen LogP contribution in [-0.2, 0) is 0 Å². The van der Waals surface area contributed by atoms with Crippen LogP contribution < -0.4 is 14.8 Å². The van der Waals surface area contributed by atoms with Gasteiger partial charge >= 0.3 is 0 Å². The van der Waals surface area contributed by atoms with Crippen LogP contribution in [0.3, 0.4) is 0 Å². The van der Waals surface area contributed by atoms with Crippen LogP contribution in [0.4, 0.5) is 4.39 Å². The fourth-order valence-corrected chi connectivity index (χ4v) is 4.48. The molecular formula is C30H32FN3O2S. The second kappa shape index (κ2) is 12.8. The Morgan fingerprint density at radius 3 is 2.38 bits per heavy atom. The van der Waals surface area contributed by atoms with Gasteiger partial charge < -0.3 is 10.1 Å². The maximum atomic E-state index is 14.1. The molecule has 5 rings (SSSR count). The predicted octanol–water partition coefficient (Wildman–Crippen LogP) is 6.02. The van der Waals surface area contributed by atoms with E-state index in [4.69, 9.17) is 10.00 Å². The van der Waals surface area contributed by atoms with Crippen LogP contribution in [0.25, 0.3) is 0 Å². The molecule has 0 aromatic heterocycles. The van der Waals surface area contributed by atoms with E-state index in [2.05, 4.69) is 47.3 Å². The molecule has 3 aromatic rings. The first-order chi connectivity index (χ1) is 18.0. The number of amides is 1. The van der Waals surface area contributed by atoms with E-state index in [0.717, 1.165) is 31.5 Å². The molecule has 192 valence electrons. The highest BCUT2D eigenvalue weighted by atomic mass is 32.2. The number of nitrogens with one attached hydrogen (secondary N) is 2.